The van der Waals surface area contributed by atoms with Gasteiger partial charge in [-0.05, 0) is 24.6 Å². The van der Waals surface area contributed by atoms with Crippen molar-refractivity contribution >= 4 is 27.3 Å². The minimum Gasteiger partial charge on any atom is -0.493 e. The van der Waals surface area contributed by atoms with Crippen LogP contribution < -0.4 is 9.47 Å². The highest BCUT2D eigenvalue weighted by Crippen LogP contribution is 2.29. The van der Waals surface area contributed by atoms with Crippen LogP contribution in [0, 0.1) is 6.92 Å². The van der Waals surface area contributed by atoms with E-state index in [4.69, 9.17) is 9.47 Å². The van der Waals surface area contributed by atoms with Gasteiger partial charge in [-0.2, -0.15) is 0 Å². The van der Waals surface area contributed by atoms with E-state index in [1.807, 2.05) is 30.5 Å². The molecule has 5 heteroatoms. The largest absolute Gasteiger partial charge is 0.493 e. The molecule has 0 saturated carbocycles. The second-order valence-electron chi connectivity index (χ2n) is 3.77. The molecule has 0 atom stereocenters. The Morgan fingerprint density at radius 3 is 2.78 bits per heavy atom. The Hall–Kier alpha value is -1.07. The van der Waals surface area contributed by atoms with Crippen LogP contribution in [-0.2, 0) is 11.9 Å². The molecule has 1 aromatic carbocycles. The standard InChI is InChI=1S/C13H14BrNO2S/c1-9-15-11(8-18-9)7-17-13-5-10(6-14)3-4-12(13)16-2/h3-5,8H,6-7H2,1-2H3. The van der Waals surface area contributed by atoms with Crippen molar-refractivity contribution < 1.29 is 9.47 Å². The van der Waals surface area contributed by atoms with Crippen molar-refractivity contribution in [3.63, 3.8) is 0 Å². The van der Waals surface area contributed by atoms with Crippen molar-refractivity contribution in [2.45, 2.75) is 18.9 Å². The minimum absolute atomic E-state index is 0.465. The summed E-state index contributed by atoms with van der Waals surface area (Å²) in [4.78, 5) is 4.37. The first-order valence-corrected chi connectivity index (χ1v) is 7.49. The van der Waals surface area contributed by atoms with Gasteiger partial charge >= 0.3 is 0 Å². The summed E-state index contributed by atoms with van der Waals surface area (Å²) in [5.41, 5.74) is 2.10. The highest BCUT2D eigenvalue weighted by molar-refractivity contribution is 9.08. The first kappa shape index (κ1) is 13.4. The lowest BCUT2D eigenvalue weighted by Gasteiger charge is -2.10. The van der Waals surface area contributed by atoms with Gasteiger partial charge in [-0.25, -0.2) is 4.98 Å². The number of alkyl halides is 1. The van der Waals surface area contributed by atoms with E-state index in [0.29, 0.717) is 6.61 Å². The average molecular weight is 328 g/mol. The van der Waals surface area contributed by atoms with Gasteiger partial charge in [0.05, 0.1) is 17.8 Å². The maximum Gasteiger partial charge on any atom is 0.162 e. The molecular weight excluding hydrogens is 314 g/mol. The summed E-state index contributed by atoms with van der Waals surface area (Å²) >= 11 is 5.06. The third-order valence-corrected chi connectivity index (χ3v) is 3.89. The molecule has 0 aliphatic heterocycles. The number of aryl methyl sites for hydroxylation is 1. The third-order valence-electron chi connectivity index (χ3n) is 2.42. The van der Waals surface area contributed by atoms with Gasteiger partial charge in [0.25, 0.3) is 0 Å². The van der Waals surface area contributed by atoms with Crippen LogP contribution in [-0.4, -0.2) is 12.1 Å². The van der Waals surface area contributed by atoms with Crippen molar-refractivity contribution in [3.05, 3.63) is 39.8 Å². The minimum atomic E-state index is 0.465. The summed E-state index contributed by atoms with van der Waals surface area (Å²) in [5, 5.41) is 3.86. The van der Waals surface area contributed by atoms with E-state index in [9.17, 15) is 0 Å². The number of methoxy groups -OCH3 is 1. The van der Waals surface area contributed by atoms with Crippen LogP contribution in [0.15, 0.2) is 23.6 Å². The molecule has 18 heavy (non-hydrogen) atoms. The first-order chi connectivity index (χ1) is 8.72. The quantitative estimate of drug-likeness (QED) is 0.779. The molecule has 0 saturated heterocycles. The lowest BCUT2D eigenvalue weighted by atomic mass is 10.2. The second-order valence-corrected chi connectivity index (χ2v) is 5.39. The van der Waals surface area contributed by atoms with E-state index in [0.717, 1.165) is 33.1 Å². The van der Waals surface area contributed by atoms with Crippen LogP contribution in [0.5, 0.6) is 11.5 Å². The van der Waals surface area contributed by atoms with Crippen LogP contribution in [0.2, 0.25) is 0 Å². The summed E-state index contributed by atoms with van der Waals surface area (Å²) in [6, 6.07) is 5.90. The Kier molecular flexibility index (Phi) is 4.60. The zero-order valence-corrected chi connectivity index (χ0v) is 12.7. The van der Waals surface area contributed by atoms with Crippen LogP contribution in [0.1, 0.15) is 16.3 Å². The molecule has 3 nitrogen and oxygen atoms in total. The number of ether oxygens (including phenoxy) is 2. The van der Waals surface area contributed by atoms with Crippen molar-refractivity contribution in [1.29, 1.82) is 0 Å². The van der Waals surface area contributed by atoms with Gasteiger partial charge in [-0.1, -0.05) is 22.0 Å². The molecule has 0 unspecified atom stereocenters. The van der Waals surface area contributed by atoms with E-state index in [-0.39, 0.29) is 0 Å². The smallest absolute Gasteiger partial charge is 0.162 e. The van der Waals surface area contributed by atoms with E-state index in [1.165, 1.54) is 0 Å². The van der Waals surface area contributed by atoms with E-state index in [1.54, 1.807) is 18.4 Å². The van der Waals surface area contributed by atoms with Crippen molar-refractivity contribution in [2.24, 2.45) is 0 Å². The fraction of sp³-hybridized carbons (Fsp3) is 0.308. The first-order valence-electron chi connectivity index (χ1n) is 5.49. The lowest BCUT2D eigenvalue weighted by molar-refractivity contribution is 0.281. The zero-order valence-electron chi connectivity index (χ0n) is 10.3. The van der Waals surface area contributed by atoms with Crippen molar-refractivity contribution in [2.75, 3.05) is 7.11 Å². The maximum atomic E-state index is 5.77. The predicted molar refractivity (Wildman–Crippen MR) is 76.8 cm³/mol. The normalized spacial score (nSPS) is 10.4. The molecule has 0 radical (unpaired) electrons. The Morgan fingerprint density at radius 2 is 2.17 bits per heavy atom. The molecule has 1 heterocycles. The fourth-order valence-electron chi connectivity index (χ4n) is 1.54. The van der Waals surface area contributed by atoms with E-state index < -0.39 is 0 Å². The summed E-state index contributed by atoms with van der Waals surface area (Å²) in [6.07, 6.45) is 0. The Bertz CT molecular complexity index is 527. The molecule has 0 bridgehead atoms. The number of halogens is 1. The topological polar surface area (TPSA) is 31.4 Å². The van der Waals surface area contributed by atoms with Gasteiger partial charge in [-0.15, -0.1) is 11.3 Å². The summed E-state index contributed by atoms with van der Waals surface area (Å²) in [6.45, 7) is 2.45. The Balaban J connectivity index is 2.11. The number of hydrogen-bond acceptors (Lipinski definition) is 4. The average Bonchev–Trinajstić information content (AvgIpc) is 2.81. The monoisotopic (exact) mass is 327 g/mol. The number of rotatable bonds is 5. The van der Waals surface area contributed by atoms with Gasteiger partial charge in [0.2, 0.25) is 0 Å². The molecule has 0 amide bonds. The maximum absolute atomic E-state index is 5.77. The van der Waals surface area contributed by atoms with Gasteiger partial charge < -0.3 is 9.47 Å². The molecule has 0 aliphatic carbocycles. The van der Waals surface area contributed by atoms with Crippen molar-refractivity contribution in [1.82, 2.24) is 4.98 Å². The molecule has 0 fully saturated rings. The van der Waals surface area contributed by atoms with E-state index >= 15 is 0 Å². The molecule has 2 aromatic rings. The van der Waals surface area contributed by atoms with Crippen molar-refractivity contribution in [3.8, 4) is 11.5 Å². The number of hydrogen-bond donors (Lipinski definition) is 0. The Labute approximate surface area is 119 Å². The molecule has 1 aromatic heterocycles. The summed E-state index contributed by atoms with van der Waals surface area (Å²) < 4.78 is 11.0. The van der Waals surface area contributed by atoms with Crippen LogP contribution in [0.4, 0.5) is 0 Å². The Morgan fingerprint density at radius 1 is 1.33 bits per heavy atom. The van der Waals surface area contributed by atoms with Gasteiger partial charge in [0.15, 0.2) is 11.5 Å². The van der Waals surface area contributed by atoms with E-state index in [2.05, 4.69) is 20.9 Å². The summed E-state index contributed by atoms with van der Waals surface area (Å²) in [5.74, 6) is 1.49. The van der Waals surface area contributed by atoms with Gasteiger partial charge in [0.1, 0.15) is 6.61 Å². The lowest BCUT2D eigenvalue weighted by Crippen LogP contribution is -1.98. The number of aromatic nitrogens is 1. The molecule has 96 valence electrons. The van der Waals surface area contributed by atoms with Crippen LogP contribution >= 0.6 is 27.3 Å². The summed E-state index contributed by atoms with van der Waals surface area (Å²) in [7, 11) is 1.64. The third kappa shape index (κ3) is 3.23. The molecule has 0 aliphatic rings. The number of benzene rings is 1. The second kappa shape index (κ2) is 6.20. The SMILES string of the molecule is COc1ccc(CBr)cc1OCc1csc(C)n1. The zero-order chi connectivity index (χ0) is 13.0. The molecule has 0 spiro atoms. The molecular formula is C13H14BrNO2S. The number of nitrogens with zero attached hydrogens (tertiary/aromatic N) is 1. The highest BCUT2D eigenvalue weighted by atomic mass is 79.9. The predicted octanol–water partition coefficient (Wildman–Crippen LogP) is 3.93. The van der Waals surface area contributed by atoms with Gasteiger partial charge in [0, 0.05) is 10.7 Å². The van der Waals surface area contributed by atoms with Crippen LogP contribution in [0.25, 0.3) is 0 Å². The molecule has 2 rings (SSSR count). The molecule has 0 N–H and O–H groups in total. The van der Waals surface area contributed by atoms with Gasteiger partial charge in [-0.3, -0.25) is 0 Å². The van der Waals surface area contributed by atoms with Crippen LogP contribution in [0.3, 0.4) is 0 Å². The highest BCUT2D eigenvalue weighted by Gasteiger charge is 2.07. The fourth-order valence-corrected chi connectivity index (χ4v) is 2.49. The number of thiazole rings is 1.